The van der Waals surface area contributed by atoms with E-state index in [1.54, 1.807) is 19.5 Å². The molecule has 0 radical (unpaired) electrons. The number of methoxy groups -OCH3 is 1. The highest BCUT2D eigenvalue weighted by Gasteiger charge is 2.23. The Morgan fingerprint density at radius 2 is 1.71 bits per heavy atom. The van der Waals surface area contributed by atoms with Crippen molar-refractivity contribution < 1.29 is 4.74 Å². The Labute approximate surface area is 205 Å². The molecule has 0 saturated carbocycles. The van der Waals surface area contributed by atoms with Gasteiger partial charge in [-0.3, -0.25) is 9.98 Å². The van der Waals surface area contributed by atoms with Crippen molar-refractivity contribution in [2.24, 2.45) is 4.99 Å². The lowest BCUT2D eigenvalue weighted by Gasteiger charge is -2.25. The average Bonchev–Trinajstić information content (AvgIpc) is 2.75. The van der Waals surface area contributed by atoms with E-state index in [0.717, 1.165) is 36.3 Å². The Hall–Kier alpha value is -1.78. The molecule has 3 aromatic rings. The standard InChI is InChI=1S/C24H22Cl2N2O.2ClH/c1-29-19-9-8-17-11-18(12-21-22(25)14-27-15-23(21)26)28-24(20(17)13-19)10-7-16-5-3-2-4-6-16;;/h2-6,8-9,13-15,24H,7,10-12H2,1H3;2*1H. The van der Waals surface area contributed by atoms with E-state index >= 15 is 0 Å². The van der Waals surface area contributed by atoms with Gasteiger partial charge in [-0.25, -0.2) is 0 Å². The zero-order valence-electron chi connectivity index (χ0n) is 17.1. The van der Waals surface area contributed by atoms with Gasteiger partial charge in [-0.2, -0.15) is 0 Å². The van der Waals surface area contributed by atoms with Gasteiger partial charge in [-0.15, -0.1) is 24.8 Å². The van der Waals surface area contributed by atoms with Crippen molar-refractivity contribution in [2.75, 3.05) is 7.11 Å². The van der Waals surface area contributed by atoms with Crippen LogP contribution in [0.15, 0.2) is 65.9 Å². The van der Waals surface area contributed by atoms with E-state index in [9.17, 15) is 0 Å². The maximum absolute atomic E-state index is 6.35. The van der Waals surface area contributed by atoms with Gasteiger partial charge in [0.05, 0.1) is 23.2 Å². The molecule has 1 aliphatic rings. The highest BCUT2D eigenvalue weighted by molar-refractivity contribution is 6.36. The molecule has 0 saturated heterocycles. The van der Waals surface area contributed by atoms with Gasteiger partial charge in [0.15, 0.2) is 0 Å². The number of nitrogens with zero attached hydrogens (tertiary/aromatic N) is 2. The lowest BCUT2D eigenvalue weighted by Crippen LogP contribution is -2.18. The number of rotatable bonds is 6. The fourth-order valence-electron chi connectivity index (χ4n) is 3.81. The Kier molecular flexibility index (Phi) is 9.64. The van der Waals surface area contributed by atoms with Gasteiger partial charge in [0.1, 0.15) is 5.75 Å². The number of aromatic nitrogens is 1. The first kappa shape index (κ1) is 25.5. The molecular formula is C24H24Cl4N2O. The first-order valence-corrected chi connectivity index (χ1v) is 10.4. The van der Waals surface area contributed by atoms with Crippen LogP contribution in [0.2, 0.25) is 10.0 Å². The van der Waals surface area contributed by atoms with Gasteiger partial charge in [0.25, 0.3) is 0 Å². The Morgan fingerprint density at radius 3 is 2.39 bits per heavy atom. The number of pyridine rings is 1. The molecule has 1 unspecified atom stereocenters. The zero-order chi connectivity index (χ0) is 20.2. The number of aliphatic imine (C=N–C) groups is 1. The third-order valence-electron chi connectivity index (χ3n) is 5.33. The lowest BCUT2D eigenvalue weighted by atomic mass is 9.88. The van der Waals surface area contributed by atoms with E-state index in [1.807, 2.05) is 12.1 Å². The molecule has 1 atom stereocenters. The van der Waals surface area contributed by atoms with Crippen LogP contribution < -0.4 is 4.74 Å². The summed E-state index contributed by atoms with van der Waals surface area (Å²) in [5.74, 6) is 0.868. The van der Waals surface area contributed by atoms with Crippen molar-refractivity contribution in [3.8, 4) is 5.75 Å². The summed E-state index contributed by atoms with van der Waals surface area (Å²) < 4.78 is 5.46. The van der Waals surface area contributed by atoms with E-state index < -0.39 is 0 Å². The van der Waals surface area contributed by atoms with Gasteiger partial charge in [0.2, 0.25) is 0 Å². The third kappa shape index (κ3) is 6.14. The lowest BCUT2D eigenvalue weighted by molar-refractivity contribution is 0.413. The monoisotopic (exact) mass is 496 g/mol. The molecule has 31 heavy (non-hydrogen) atoms. The van der Waals surface area contributed by atoms with Gasteiger partial charge in [-0.05, 0) is 47.2 Å². The number of hydrogen-bond donors (Lipinski definition) is 0. The molecular weight excluding hydrogens is 474 g/mol. The normalized spacial score (nSPS) is 14.5. The Morgan fingerprint density at radius 1 is 1.00 bits per heavy atom. The highest BCUT2D eigenvalue weighted by atomic mass is 35.5. The minimum Gasteiger partial charge on any atom is -0.497 e. The molecule has 0 fully saturated rings. The predicted molar refractivity (Wildman–Crippen MR) is 134 cm³/mol. The summed E-state index contributed by atoms with van der Waals surface area (Å²) in [6.45, 7) is 0. The van der Waals surface area contributed by atoms with E-state index in [0.29, 0.717) is 16.5 Å². The second kappa shape index (κ2) is 11.7. The number of aryl methyl sites for hydroxylation is 1. The molecule has 1 aromatic heterocycles. The second-order valence-electron chi connectivity index (χ2n) is 7.24. The molecule has 7 heteroatoms. The van der Waals surface area contributed by atoms with Gasteiger partial charge >= 0.3 is 0 Å². The Balaban J connectivity index is 0.00000171. The summed E-state index contributed by atoms with van der Waals surface area (Å²) in [5, 5.41) is 1.17. The summed E-state index contributed by atoms with van der Waals surface area (Å²) in [6, 6.07) is 16.9. The quantitative estimate of drug-likeness (QED) is 0.362. The van der Waals surface area contributed by atoms with E-state index in [-0.39, 0.29) is 30.9 Å². The zero-order valence-corrected chi connectivity index (χ0v) is 20.2. The summed E-state index contributed by atoms with van der Waals surface area (Å²) in [7, 11) is 1.70. The molecule has 0 amide bonds. The molecule has 1 aliphatic heterocycles. The molecule has 0 aliphatic carbocycles. The number of fused-ring (bicyclic) bond motifs is 1. The molecule has 4 rings (SSSR count). The van der Waals surface area contributed by atoms with Crippen molar-refractivity contribution in [2.45, 2.75) is 31.7 Å². The fourth-order valence-corrected chi connectivity index (χ4v) is 4.31. The summed E-state index contributed by atoms with van der Waals surface area (Å²) in [6.07, 6.45) is 6.60. The van der Waals surface area contributed by atoms with Crippen LogP contribution in [0.4, 0.5) is 0 Å². The molecule has 2 heterocycles. The average molecular weight is 498 g/mol. The number of ether oxygens (including phenoxy) is 1. The van der Waals surface area contributed by atoms with Gasteiger partial charge in [-0.1, -0.05) is 59.6 Å². The molecule has 0 N–H and O–H groups in total. The number of hydrogen-bond acceptors (Lipinski definition) is 3. The van der Waals surface area contributed by atoms with Crippen LogP contribution in [0.3, 0.4) is 0 Å². The van der Waals surface area contributed by atoms with Crippen molar-refractivity contribution >= 4 is 53.7 Å². The van der Waals surface area contributed by atoms with Crippen molar-refractivity contribution in [1.82, 2.24) is 4.98 Å². The third-order valence-corrected chi connectivity index (χ3v) is 5.98. The van der Waals surface area contributed by atoms with Crippen LogP contribution in [-0.4, -0.2) is 17.8 Å². The SMILES string of the molecule is COc1ccc2c(c1)C(CCc1ccccc1)N=C(Cc1c(Cl)cncc1Cl)C2.Cl.Cl. The molecule has 3 nitrogen and oxygen atoms in total. The van der Waals surface area contributed by atoms with Crippen molar-refractivity contribution in [1.29, 1.82) is 0 Å². The van der Waals surface area contributed by atoms with E-state index in [2.05, 4.69) is 41.4 Å². The number of benzene rings is 2. The maximum Gasteiger partial charge on any atom is 0.119 e. The van der Waals surface area contributed by atoms with E-state index in [4.69, 9.17) is 32.9 Å². The van der Waals surface area contributed by atoms with Crippen molar-refractivity contribution in [3.63, 3.8) is 0 Å². The number of halogens is 4. The fraction of sp³-hybridized carbons (Fsp3) is 0.250. The largest absolute Gasteiger partial charge is 0.497 e. The molecule has 2 aromatic carbocycles. The minimum absolute atomic E-state index is 0. The smallest absolute Gasteiger partial charge is 0.119 e. The molecule has 164 valence electrons. The van der Waals surface area contributed by atoms with Crippen LogP contribution in [0.5, 0.6) is 5.75 Å². The van der Waals surface area contributed by atoms with E-state index in [1.165, 1.54) is 16.7 Å². The Bertz CT molecular complexity index is 1020. The maximum atomic E-state index is 6.35. The first-order chi connectivity index (χ1) is 14.1. The van der Waals surface area contributed by atoms with Crippen LogP contribution in [-0.2, 0) is 19.3 Å². The molecule has 0 spiro atoms. The minimum atomic E-state index is 0. The first-order valence-electron chi connectivity index (χ1n) is 9.68. The van der Waals surface area contributed by atoms with Crippen molar-refractivity contribution in [3.05, 3.63) is 93.2 Å². The predicted octanol–water partition coefficient (Wildman–Crippen LogP) is 7.15. The van der Waals surface area contributed by atoms with Gasteiger partial charge in [0, 0.05) is 30.9 Å². The highest BCUT2D eigenvalue weighted by Crippen LogP contribution is 2.35. The van der Waals surface area contributed by atoms with Crippen LogP contribution in [0.25, 0.3) is 0 Å². The second-order valence-corrected chi connectivity index (χ2v) is 8.05. The molecule has 0 bridgehead atoms. The van der Waals surface area contributed by atoms with Crippen LogP contribution in [0, 0.1) is 0 Å². The van der Waals surface area contributed by atoms with Crippen LogP contribution >= 0.6 is 48.0 Å². The van der Waals surface area contributed by atoms with Crippen LogP contribution in [0.1, 0.15) is 34.7 Å². The summed E-state index contributed by atoms with van der Waals surface area (Å²) in [4.78, 5) is 9.17. The topological polar surface area (TPSA) is 34.5 Å². The summed E-state index contributed by atoms with van der Waals surface area (Å²) in [5.41, 5.74) is 5.84. The van der Waals surface area contributed by atoms with Gasteiger partial charge < -0.3 is 4.74 Å². The summed E-state index contributed by atoms with van der Waals surface area (Å²) >= 11 is 12.7.